The zero-order chi connectivity index (χ0) is 9.40. The summed E-state index contributed by atoms with van der Waals surface area (Å²) in [4.78, 5) is 0. The zero-order valence-corrected chi connectivity index (χ0v) is 8.29. The van der Waals surface area contributed by atoms with Gasteiger partial charge in [-0.15, -0.1) is 0 Å². The Morgan fingerprint density at radius 1 is 1.25 bits per heavy atom. The summed E-state index contributed by atoms with van der Waals surface area (Å²) >= 11 is 0. The summed E-state index contributed by atoms with van der Waals surface area (Å²) in [6, 6.07) is 0. The van der Waals surface area contributed by atoms with Crippen LogP contribution in [0.3, 0.4) is 0 Å². The summed E-state index contributed by atoms with van der Waals surface area (Å²) in [5.74, 6) is 0.540. The maximum Gasteiger partial charge on any atom is 0.0773 e. The summed E-state index contributed by atoms with van der Waals surface area (Å²) < 4.78 is 0. The van der Waals surface area contributed by atoms with Crippen LogP contribution in [-0.4, -0.2) is 22.9 Å². The molecule has 0 aromatic carbocycles. The van der Waals surface area contributed by atoms with Gasteiger partial charge in [-0.3, -0.25) is 0 Å². The van der Waals surface area contributed by atoms with Gasteiger partial charge in [0.05, 0.1) is 12.7 Å². The second kappa shape index (κ2) is 7.56. The Kier molecular flexibility index (Phi) is 7.51. The van der Waals surface area contributed by atoms with Gasteiger partial charge in [-0.1, -0.05) is 39.5 Å². The zero-order valence-electron chi connectivity index (χ0n) is 8.29. The van der Waals surface area contributed by atoms with Crippen molar-refractivity contribution in [1.82, 2.24) is 0 Å². The van der Waals surface area contributed by atoms with E-state index in [1.165, 1.54) is 25.7 Å². The largest absolute Gasteiger partial charge is 0.394 e. The van der Waals surface area contributed by atoms with Crippen LogP contribution in [-0.2, 0) is 0 Å². The molecule has 2 heteroatoms. The fourth-order valence-corrected chi connectivity index (χ4v) is 1.40. The van der Waals surface area contributed by atoms with E-state index in [9.17, 15) is 0 Å². The van der Waals surface area contributed by atoms with Gasteiger partial charge in [0.1, 0.15) is 0 Å². The minimum Gasteiger partial charge on any atom is -0.394 e. The number of aliphatic hydroxyl groups is 2. The third-order valence-corrected chi connectivity index (χ3v) is 2.19. The molecule has 2 atom stereocenters. The second-order valence-electron chi connectivity index (χ2n) is 3.67. The van der Waals surface area contributed by atoms with Gasteiger partial charge in [0, 0.05) is 0 Å². The third kappa shape index (κ3) is 6.62. The van der Waals surface area contributed by atoms with Gasteiger partial charge in [-0.2, -0.15) is 0 Å². The molecule has 2 N–H and O–H groups in total. The summed E-state index contributed by atoms with van der Waals surface area (Å²) in [5, 5.41) is 17.7. The highest BCUT2D eigenvalue weighted by Crippen LogP contribution is 2.14. The topological polar surface area (TPSA) is 40.5 Å². The molecule has 74 valence electrons. The van der Waals surface area contributed by atoms with E-state index in [4.69, 9.17) is 10.2 Å². The van der Waals surface area contributed by atoms with E-state index in [-0.39, 0.29) is 6.61 Å². The Balaban J connectivity index is 3.26. The lowest BCUT2D eigenvalue weighted by molar-refractivity contribution is 0.0748. The van der Waals surface area contributed by atoms with Crippen LogP contribution in [0.5, 0.6) is 0 Å². The van der Waals surface area contributed by atoms with E-state index in [1.54, 1.807) is 0 Å². The molecule has 0 aliphatic rings. The molecular formula is C10H22O2. The lowest BCUT2D eigenvalue weighted by Crippen LogP contribution is -2.15. The minimum absolute atomic E-state index is 0.0991. The van der Waals surface area contributed by atoms with Crippen LogP contribution in [0.1, 0.15) is 46.0 Å². The van der Waals surface area contributed by atoms with Gasteiger partial charge in [-0.05, 0) is 12.3 Å². The molecule has 0 aromatic rings. The van der Waals surface area contributed by atoms with E-state index >= 15 is 0 Å². The summed E-state index contributed by atoms with van der Waals surface area (Å²) in [6.07, 6.45) is 5.16. The molecule has 0 radical (unpaired) electrons. The Morgan fingerprint density at radius 2 is 1.92 bits per heavy atom. The van der Waals surface area contributed by atoms with E-state index in [0.717, 1.165) is 6.42 Å². The number of rotatable bonds is 7. The normalized spacial score (nSPS) is 16.0. The predicted octanol–water partition coefficient (Wildman–Crippen LogP) is 1.95. The number of hydrogen-bond acceptors (Lipinski definition) is 2. The molecule has 12 heavy (non-hydrogen) atoms. The average Bonchev–Trinajstić information content (AvgIpc) is 2.05. The molecule has 0 saturated carbocycles. The molecular weight excluding hydrogens is 152 g/mol. The standard InChI is InChI=1S/C10H22O2/c1-3-4-5-6-9(2)7-10(12)8-11/h9-12H,3-8H2,1-2H3. The summed E-state index contributed by atoms with van der Waals surface area (Å²) in [7, 11) is 0. The van der Waals surface area contributed by atoms with Crippen molar-refractivity contribution in [3.8, 4) is 0 Å². The Labute approximate surface area is 75.6 Å². The maximum absolute atomic E-state index is 9.13. The number of hydrogen-bond donors (Lipinski definition) is 2. The predicted molar refractivity (Wildman–Crippen MR) is 51.0 cm³/mol. The second-order valence-corrected chi connectivity index (χ2v) is 3.67. The molecule has 2 unspecified atom stereocenters. The third-order valence-electron chi connectivity index (χ3n) is 2.19. The molecule has 0 amide bonds. The molecule has 0 saturated heterocycles. The fraction of sp³-hybridized carbons (Fsp3) is 1.00. The SMILES string of the molecule is CCCCCC(C)CC(O)CO. The van der Waals surface area contributed by atoms with Crippen molar-refractivity contribution in [2.75, 3.05) is 6.61 Å². The lowest BCUT2D eigenvalue weighted by Gasteiger charge is -2.13. The summed E-state index contributed by atoms with van der Waals surface area (Å²) in [6.45, 7) is 4.22. The molecule has 0 fully saturated rings. The Hall–Kier alpha value is -0.0800. The van der Waals surface area contributed by atoms with Crippen LogP contribution in [0.15, 0.2) is 0 Å². The number of aliphatic hydroxyl groups excluding tert-OH is 2. The van der Waals surface area contributed by atoms with Gasteiger partial charge in [0.2, 0.25) is 0 Å². The Morgan fingerprint density at radius 3 is 2.42 bits per heavy atom. The van der Waals surface area contributed by atoms with Gasteiger partial charge in [0.15, 0.2) is 0 Å². The molecule has 0 rings (SSSR count). The van der Waals surface area contributed by atoms with Crippen molar-refractivity contribution in [3.63, 3.8) is 0 Å². The first kappa shape index (κ1) is 11.9. The first-order chi connectivity index (χ1) is 5.70. The van der Waals surface area contributed by atoms with E-state index in [0.29, 0.717) is 5.92 Å². The van der Waals surface area contributed by atoms with Crippen molar-refractivity contribution < 1.29 is 10.2 Å². The lowest BCUT2D eigenvalue weighted by atomic mass is 9.97. The average molecular weight is 174 g/mol. The van der Waals surface area contributed by atoms with Gasteiger partial charge in [-0.25, -0.2) is 0 Å². The van der Waals surface area contributed by atoms with Crippen molar-refractivity contribution in [2.24, 2.45) is 5.92 Å². The van der Waals surface area contributed by atoms with E-state index < -0.39 is 6.10 Å². The first-order valence-electron chi connectivity index (χ1n) is 4.99. The Bertz CT molecular complexity index is 93.8. The highest BCUT2D eigenvalue weighted by molar-refractivity contribution is 4.60. The molecule has 2 nitrogen and oxygen atoms in total. The van der Waals surface area contributed by atoms with E-state index in [1.807, 2.05) is 0 Å². The monoisotopic (exact) mass is 174 g/mol. The molecule has 0 bridgehead atoms. The highest BCUT2D eigenvalue weighted by atomic mass is 16.3. The van der Waals surface area contributed by atoms with Crippen LogP contribution in [0.25, 0.3) is 0 Å². The minimum atomic E-state index is -0.512. The quantitative estimate of drug-likeness (QED) is 0.579. The number of unbranched alkanes of at least 4 members (excludes halogenated alkanes) is 2. The summed E-state index contributed by atoms with van der Waals surface area (Å²) in [5.41, 5.74) is 0. The van der Waals surface area contributed by atoms with Gasteiger partial charge >= 0.3 is 0 Å². The van der Waals surface area contributed by atoms with E-state index in [2.05, 4.69) is 13.8 Å². The van der Waals surface area contributed by atoms with Crippen molar-refractivity contribution in [3.05, 3.63) is 0 Å². The maximum atomic E-state index is 9.13. The van der Waals surface area contributed by atoms with Crippen LogP contribution in [0.4, 0.5) is 0 Å². The molecule has 0 aliphatic heterocycles. The molecule has 0 heterocycles. The van der Waals surface area contributed by atoms with Crippen molar-refractivity contribution >= 4 is 0 Å². The smallest absolute Gasteiger partial charge is 0.0773 e. The molecule has 0 spiro atoms. The molecule has 0 aromatic heterocycles. The van der Waals surface area contributed by atoms with Crippen LogP contribution in [0, 0.1) is 5.92 Å². The van der Waals surface area contributed by atoms with Crippen molar-refractivity contribution in [1.29, 1.82) is 0 Å². The van der Waals surface area contributed by atoms with Gasteiger partial charge < -0.3 is 10.2 Å². The highest BCUT2D eigenvalue weighted by Gasteiger charge is 2.08. The van der Waals surface area contributed by atoms with Crippen LogP contribution >= 0.6 is 0 Å². The van der Waals surface area contributed by atoms with Crippen LogP contribution in [0.2, 0.25) is 0 Å². The first-order valence-corrected chi connectivity index (χ1v) is 4.99. The van der Waals surface area contributed by atoms with Crippen molar-refractivity contribution in [2.45, 2.75) is 52.1 Å². The van der Waals surface area contributed by atoms with Crippen LogP contribution < -0.4 is 0 Å². The fourth-order valence-electron chi connectivity index (χ4n) is 1.40. The van der Waals surface area contributed by atoms with Gasteiger partial charge in [0.25, 0.3) is 0 Å². The molecule has 0 aliphatic carbocycles.